The lowest BCUT2D eigenvalue weighted by Crippen LogP contribution is -2.45. The Kier molecular flexibility index (Phi) is 14.7. The number of carbonyl (C=O) groups excluding carboxylic acids is 3. The Balaban J connectivity index is 1.95. The van der Waals surface area contributed by atoms with Crippen LogP contribution in [0.5, 0.6) is 11.5 Å². The Labute approximate surface area is 328 Å². The molecule has 0 bridgehead atoms. The van der Waals surface area contributed by atoms with Gasteiger partial charge in [-0.1, -0.05) is 4.67 Å². The third-order valence-electron chi connectivity index (χ3n) is 6.72. The van der Waals surface area contributed by atoms with Crippen LogP contribution in [0.4, 0.5) is 33.4 Å². The predicted octanol–water partition coefficient (Wildman–Crippen LogP) is 6.02. The van der Waals surface area contributed by atoms with Gasteiger partial charge in [-0.25, -0.2) is 37.6 Å². The quantitative estimate of drug-likeness (QED) is 0.0726. The molecule has 19 nitrogen and oxygen atoms in total. The van der Waals surface area contributed by atoms with Crippen LogP contribution >= 0.6 is 19.5 Å². The van der Waals surface area contributed by atoms with Gasteiger partial charge in [-0.05, 0) is 87.4 Å². The molecule has 1 aliphatic rings. The number of benzene rings is 1. The molecule has 1 aliphatic heterocycles. The zero-order chi connectivity index (χ0) is 43.4. The molecule has 2 unspecified atom stereocenters. The molecule has 6 atom stereocenters. The zero-order valence-corrected chi connectivity index (χ0v) is 34.1. The highest BCUT2D eigenvalue weighted by molar-refractivity contribution is 8.00. The monoisotopic (exact) mass is 856 g/mol. The third kappa shape index (κ3) is 13.5. The van der Waals surface area contributed by atoms with Gasteiger partial charge in [0.1, 0.15) is 34.8 Å². The number of halogens is 3. The number of nitrogens with zero attached hydrogens (tertiary/aromatic N) is 3. The molecule has 2 aromatic rings. The molecule has 1 aromatic carbocycles. The number of nitrogens with one attached hydrogen (secondary N) is 1. The zero-order valence-electron chi connectivity index (χ0n) is 32.4. The summed E-state index contributed by atoms with van der Waals surface area (Å²) < 4.78 is 90.0. The lowest BCUT2D eigenvalue weighted by Gasteiger charge is -2.28. The number of carboxylic acids is 1. The fourth-order valence-electron chi connectivity index (χ4n) is 4.47. The SMILES string of the molecule is CC(NP(=O)(O)OOc1ccc(F)c(OC[C@H]2S[C@@H](n3ccc(N(C(=O)OC(C)(C)C)C(=O)OC(C)(C)C)nc3=O)[C@@H](F)[C@@H]2OC(=O)OC(C)(C)C)c1F)C(=O)O. The minimum absolute atomic E-state index is 0.375. The summed E-state index contributed by atoms with van der Waals surface area (Å²) in [6.45, 7) is 13.9. The van der Waals surface area contributed by atoms with Crippen molar-refractivity contribution >= 4 is 49.6 Å². The van der Waals surface area contributed by atoms with Gasteiger partial charge >= 0.3 is 37.7 Å². The van der Waals surface area contributed by atoms with Crippen LogP contribution in [0.1, 0.15) is 74.6 Å². The highest BCUT2D eigenvalue weighted by Gasteiger charge is 2.50. The van der Waals surface area contributed by atoms with Crippen molar-refractivity contribution < 1.29 is 80.2 Å². The van der Waals surface area contributed by atoms with Gasteiger partial charge in [0.25, 0.3) is 0 Å². The predicted molar refractivity (Wildman–Crippen MR) is 193 cm³/mol. The van der Waals surface area contributed by atoms with Gasteiger partial charge in [0, 0.05) is 6.20 Å². The van der Waals surface area contributed by atoms with E-state index in [0.717, 1.165) is 23.8 Å². The summed E-state index contributed by atoms with van der Waals surface area (Å²) in [4.78, 5) is 81.8. The first-order chi connectivity index (χ1) is 26.0. The maximum Gasteiger partial charge on any atom is 0.509 e. The van der Waals surface area contributed by atoms with E-state index in [-0.39, 0.29) is 0 Å². The minimum Gasteiger partial charge on any atom is -0.486 e. The van der Waals surface area contributed by atoms with E-state index in [1.807, 2.05) is 0 Å². The number of hydrogen-bond acceptors (Lipinski definition) is 15. The minimum atomic E-state index is -5.01. The maximum absolute atomic E-state index is 16.3. The molecule has 3 rings (SSSR count). The molecule has 1 fully saturated rings. The van der Waals surface area contributed by atoms with Gasteiger partial charge in [-0.15, -0.1) is 11.8 Å². The second-order valence-electron chi connectivity index (χ2n) is 15.2. The Morgan fingerprint density at radius 2 is 1.54 bits per heavy atom. The molecule has 0 spiro atoms. The number of carbonyl (C=O) groups is 4. The fourth-order valence-corrected chi connectivity index (χ4v) is 6.75. The molecule has 0 radical (unpaired) electrons. The van der Waals surface area contributed by atoms with Gasteiger partial charge < -0.3 is 38.6 Å². The Hall–Kier alpha value is -4.57. The van der Waals surface area contributed by atoms with Crippen LogP contribution in [0.2, 0.25) is 0 Å². The number of thioether (sulfide) groups is 1. The van der Waals surface area contributed by atoms with Crippen molar-refractivity contribution in [1.29, 1.82) is 0 Å². The fraction of sp³-hybridized carbons (Fsp3) is 0.576. The average Bonchev–Trinajstić information content (AvgIpc) is 3.31. The van der Waals surface area contributed by atoms with Crippen molar-refractivity contribution in [1.82, 2.24) is 14.6 Å². The van der Waals surface area contributed by atoms with Gasteiger partial charge in [-0.2, -0.15) is 14.3 Å². The van der Waals surface area contributed by atoms with Crippen molar-refractivity contribution in [2.45, 2.75) is 115 Å². The lowest BCUT2D eigenvalue weighted by atomic mass is 10.1. The van der Waals surface area contributed by atoms with Crippen molar-refractivity contribution in [2.75, 3.05) is 11.5 Å². The molecule has 0 aliphatic carbocycles. The Bertz CT molecular complexity index is 1910. The van der Waals surface area contributed by atoms with E-state index in [9.17, 15) is 37.8 Å². The van der Waals surface area contributed by atoms with Crippen molar-refractivity contribution in [3.8, 4) is 11.5 Å². The van der Waals surface area contributed by atoms with Gasteiger partial charge in [-0.3, -0.25) is 9.36 Å². The van der Waals surface area contributed by atoms with E-state index in [2.05, 4.69) is 14.5 Å². The van der Waals surface area contributed by atoms with Gasteiger partial charge in [0.15, 0.2) is 29.7 Å². The van der Waals surface area contributed by atoms with Gasteiger partial charge in [0.05, 0.1) is 5.25 Å². The first-order valence-electron chi connectivity index (χ1n) is 16.8. The molecular weight excluding hydrogens is 812 g/mol. The van der Waals surface area contributed by atoms with Crippen LogP contribution in [0.3, 0.4) is 0 Å². The molecule has 57 heavy (non-hydrogen) atoms. The van der Waals surface area contributed by atoms with Gasteiger partial charge in [0.2, 0.25) is 11.6 Å². The standard InChI is InChI=1S/C33H44F3N4O15PS/c1-16(26(41)42)38-56(47,48)55-54-18-12-11-17(34)23(21(18)35)49-15-19-24(50-30(46)53-33(8,9)10)22(36)25(57-19)39-14-13-20(37-27(39)43)40(28(44)51-31(2,3)4)29(45)52-32(5,6)7/h11-14,16,19,22,24-25H,15H2,1-10H3,(H,41,42)(H2,38,47,48)/t16?,19-,22+,24-,25-/m1/s1. The molecule has 1 aromatic heterocycles. The number of hydrogen-bond donors (Lipinski definition) is 3. The first-order valence-corrected chi connectivity index (χ1v) is 19.4. The molecule has 1 saturated heterocycles. The van der Waals surface area contributed by atoms with Crippen LogP contribution in [0, 0.1) is 11.6 Å². The number of imide groups is 1. The summed E-state index contributed by atoms with van der Waals surface area (Å²) in [5.41, 5.74) is -4.48. The maximum atomic E-state index is 16.3. The third-order valence-corrected chi connectivity index (χ3v) is 9.23. The van der Waals surface area contributed by atoms with E-state index < -0.39 is 119 Å². The molecule has 0 saturated carbocycles. The number of anilines is 1. The number of amides is 2. The topological polar surface area (TPSA) is 241 Å². The number of alkyl halides is 1. The lowest BCUT2D eigenvalue weighted by molar-refractivity contribution is -0.139. The normalized spacial score (nSPS) is 20.1. The molecule has 2 amide bonds. The summed E-state index contributed by atoms with van der Waals surface area (Å²) in [7, 11) is -5.01. The van der Waals surface area contributed by atoms with Crippen LogP contribution in [-0.2, 0) is 33.0 Å². The Morgan fingerprint density at radius 1 is 0.982 bits per heavy atom. The smallest absolute Gasteiger partial charge is 0.486 e. The summed E-state index contributed by atoms with van der Waals surface area (Å²) in [6, 6.07) is 0.699. The summed E-state index contributed by atoms with van der Waals surface area (Å²) >= 11 is 0.620. The van der Waals surface area contributed by atoms with Crippen molar-refractivity contribution in [3.05, 3.63) is 46.5 Å². The van der Waals surface area contributed by atoms with Crippen LogP contribution in [0.15, 0.2) is 29.2 Å². The van der Waals surface area contributed by atoms with Crippen LogP contribution in [0.25, 0.3) is 0 Å². The first kappa shape index (κ1) is 46.8. The number of aromatic nitrogens is 2. The highest BCUT2D eigenvalue weighted by atomic mass is 32.2. The summed E-state index contributed by atoms with van der Waals surface area (Å²) in [6.07, 6.45) is -6.85. The molecule has 2 heterocycles. The Morgan fingerprint density at radius 3 is 2.05 bits per heavy atom. The van der Waals surface area contributed by atoms with E-state index in [4.69, 9.17) is 28.8 Å². The van der Waals surface area contributed by atoms with Crippen molar-refractivity contribution in [3.63, 3.8) is 0 Å². The number of rotatable bonds is 12. The summed E-state index contributed by atoms with van der Waals surface area (Å²) in [5.74, 6) is -7.16. The van der Waals surface area contributed by atoms with E-state index in [0.29, 0.717) is 28.8 Å². The van der Waals surface area contributed by atoms with E-state index in [1.165, 1.54) is 62.3 Å². The van der Waals surface area contributed by atoms with Crippen LogP contribution < -0.4 is 25.3 Å². The van der Waals surface area contributed by atoms with Crippen molar-refractivity contribution in [2.24, 2.45) is 0 Å². The number of carboxylic acid groups (broad SMARTS) is 1. The molecule has 24 heteroatoms. The molecular formula is C33H44F3N4O15PS. The molecule has 3 N–H and O–H groups in total. The average molecular weight is 857 g/mol. The van der Waals surface area contributed by atoms with Crippen LogP contribution in [-0.4, -0.2) is 90.8 Å². The number of ether oxygens (including phenoxy) is 5. The summed E-state index contributed by atoms with van der Waals surface area (Å²) in [5, 5.41) is 7.74. The molecule has 318 valence electrons. The second kappa shape index (κ2) is 17.9. The van der Waals surface area contributed by atoms with E-state index >= 15 is 8.78 Å². The highest BCUT2D eigenvalue weighted by Crippen LogP contribution is 2.46. The largest absolute Gasteiger partial charge is 0.509 e. The number of aliphatic carboxylic acids is 1. The second-order valence-corrected chi connectivity index (χ2v) is 18.0. The van der Waals surface area contributed by atoms with E-state index in [1.54, 1.807) is 5.09 Å².